The molecular weight excluding hydrogens is 408 g/mol. The first-order valence-electron chi connectivity index (χ1n) is 11.5. The molecule has 9 nitrogen and oxygen atoms in total. The van der Waals surface area contributed by atoms with Crippen LogP contribution in [0.3, 0.4) is 0 Å². The third-order valence-corrected chi connectivity index (χ3v) is 6.59. The van der Waals surface area contributed by atoms with Gasteiger partial charge in [0.05, 0.1) is 24.6 Å². The van der Waals surface area contributed by atoms with E-state index in [2.05, 4.69) is 22.2 Å². The van der Waals surface area contributed by atoms with E-state index in [-0.39, 0.29) is 17.7 Å². The molecular formula is C23H32N6O3. The number of hydrogen-bond donors (Lipinski definition) is 0. The Bertz CT molecular complexity index is 949. The van der Waals surface area contributed by atoms with Gasteiger partial charge in [0.15, 0.2) is 5.82 Å². The molecule has 2 aromatic rings. The Balaban J connectivity index is 1.42. The van der Waals surface area contributed by atoms with Crippen LogP contribution in [-0.4, -0.2) is 74.9 Å². The zero-order chi connectivity index (χ0) is 22.7. The van der Waals surface area contributed by atoms with E-state index in [0.29, 0.717) is 42.7 Å². The van der Waals surface area contributed by atoms with Gasteiger partial charge in [-0.05, 0) is 44.1 Å². The van der Waals surface area contributed by atoms with E-state index < -0.39 is 0 Å². The van der Waals surface area contributed by atoms with Crippen molar-refractivity contribution in [1.82, 2.24) is 29.8 Å². The van der Waals surface area contributed by atoms with Gasteiger partial charge in [-0.1, -0.05) is 13.8 Å². The molecule has 2 saturated heterocycles. The molecule has 0 aromatic carbocycles. The molecule has 172 valence electrons. The van der Waals surface area contributed by atoms with E-state index in [9.17, 15) is 9.59 Å². The Hall–Kier alpha value is -2.97. The summed E-state index contributed by atoms with van der Waals surface area (Å²) in [5, 5.41) is 12.6. The normalized spacial score (nSPS) is 19.8. The summed E-state index contributed by atoms with van der Waals surface area (Å²) in [4.78, 5) is 30.1. The van der Waals surface area contributed by atoms with Crippen LogP contribution in [0, 0.1) is 11.8 Å². The fraction of sp³-hybridized carbons (Fsp3) is 0.609. The zero-order valence-corrected chi connectivity index (χ0v) is 19.2. The lowest BCUT2D eigenvalue weighted by Gasteiger charge is -2.37. The Morgan fingerprint density at radius 2 is 1.88 bits per heavy atom. The molecule has 2 amide bonds. The van der Waals surface area contributed by atoms with Crippen molar-refractivity contribution in [3.63, 3.8) is 0 Å². The van der Waals surface area contributed by atoms with Crippen LogP contribution in [0.25, 0.3) is 5.82 Å². The number of piperidine rings is 2. The molecule has 9 heteroatoms. The number of amides is 2. The number of carbonyl (C=O) groups is 2. The second-order valence-electron chi connectivity index (χ2n) is 8.80. The topological polar surface area (TPSA) is 93.5 Å². The van der Waals surface area contributed by atoms with Gasteiger partial charge >= 0.3 is 0 Å². The second-order valence-corrected chi connectivity index (χ2v) is 8.80. The highest BCUT2D eigenvalue weighted by Gasteiger charge is 2.33. The fourth-order valence-corrected chi connectivity index (χ4v) is 4.77. The van der Waals surface area contributed by atoms with Crippen LogP contribution in [0.15, 0.2) is 18.3 Å². The number of aromatic nitrogens is 4. The SMILES string of the molecule is CCc1c(C(=O)N2CCC(C(=O)N3CCC[C@@H](C)C3)CC2)cnn1-c1ccc(OC)nn1. The van der Waals surface area contributed by atoms with Crippen molar-refractivity contribution in [2.45, 2.75) is 46.0 Å². The number of nitrogens with zero attached hydrogens (tertiary/aromatic N) is 6. The highest BCUT2D eigenvalue weighted by atomic mass is 16.5. The van der Waals surface area contributed by atoms with Crippen molar-refractivity contribution in [1.29, 1.82) is 0 Å². The van der Waals surface area contributed by atoms with Crippen LogP contribution < -0.4 is 4.74 Å². The van der Waals surface area contributed by atoms with Gasteiger partial charge in [-0.2, -0.15) is 5.10 Å². The van der Waals surface area contributed by atoms with E-state index in [4.69, 9.17) is 4.74 Å². The molecule has 2 fully saturated rings. The summed E-state index contributed by atoms with van der Waals surface area (Å²) < 4.78 is 6.72. The maximum absolute atomic E-state index is 13.3. The van der Waals surface area contributed by atoms with E-state index in [1.807, 2.05) is 16.7 Å². The molecule has 0 bridgehead atoms. The third kappa shape index (κ3) is 4.47. The monoisotopic (exact) mass is 440 g/mol. The van der Waals surface area contributed by atoms with E-state index >= 15 is 0 Å². The molecule has 0 N–H and O–H groups in total. The maximum atomic E-state index is 13.3. The van der Waals surface area contributed by atoms with Crippen LogP contribution in [-0.2, 0) is 11.2 Å². The van der Waals surface area contributed by atoms with Crippen LogP contribution in [0.5, 0.6) is 5.88 Å². The molecule has 4 rings (SSSR count). The smallest absolute Gasteiger partial charge is 0.257 e. The summed E-state index contributed by atoms with van der Waals surface area (Å²) >= 11 is 0. The lowest BCUT2D eigenvalue weighted by atomic mass is 9.92. The summed E-state index contributed by atoms with van der Waals surface area (Å²) in [5.41, 5.74) is 1.38. The average Bonchev–Trinajstić information content (AvgIpc) is 3.27. The average molecular weight is 441 g/mol. The molecule has 2 aliphatic rings. The molecule has 0 saturated carbocycles. The molecule has 4 heterocycles. The van der Waals surface area contributed by atoms with Gasteiger partial charge in [0.25, 0.3) is 5.91 Å². The van der Waals surface area contributed by atoms with E-state index in [1.165, 1.54) is 13.5 Å². The Morgan fingerprint density at radius 1 is 1.09 bits per heavy atom. The quantitative estimate of drug-likeness (QED) is 0.709. The highest BCUT2D eigenvalue weighted by molar-refractivity contribution is 5.95. The van der Waals surface area contributed by atoms with Crippen LogP contribution in [0.2, 0.25) is 0 Å². The first-order valence-corrected chi connectivity index (χ1v) is 11.5. The standard InChI is InChI=1S/C23H32N6O3/c1-4-19-18(14-24-29(19)20-7-8-21(32-3)26-25-20)23(31)27-12-9-17(10-13-27)22(30)28-11-5-6-16(2)15-28/h7-8,14,16-17H,4-6,9-13,15H2,1-3H3/t16-/m1/s1. The number of methoxy groups -OCH3 is 1. The summed E-state index contributed by atoms with van der Waals surface area (Å²) in [5.74, 6) is 1.80. The van der Waals surface area contributed by atoms with Crippen LogP contribution >= 0.6 is 0 Å². The van der Waals surface area contributed by atoms with Crippen molar-refractivity contribution < 1.29 is 14.3 Å². The van der Waals surface area contributed by atoms with Gasteiger partial charge in [-0.3, -0.25) is 9.59 Å². The lowest BCUT2D eigenvalue weighted by Crippen LogP contribution is -2.47. The van der Waals surface area contributed by atoms with Crippen molar-refractivity contribution in [2.75, 3.05) is 33.3 Å². The minimum absolute atomic E-state index is 0.0206. The van der Waals surface area contributed by atoms with Crippen molar-refractivity contribution >= 4 is 11.8 Å². The van der Waals surface area contributed by atoms with Gasteiger partial charge < -0.3 is 14.5 Å². The largest absolute Gasteiger partial charge is 0.480 e. The first kappa shape index (κ1) is 22.2. The number of rotatable bonds is 5. The summed E-state index contributed by atoms with van der Waals surface area (Å²) in [7, 11) is 1.54. The first-order chi connectivity index (χ1) is 15.5. The Labute approximate surface area is 188 Å². The van der Waals surface area contributed by atoms with Crippen LogP contribution in [0.1, 0.15) is 55.6 Å². The number of carbonyl (C=O) groups excluding carboxylic acids is 2. The second kappa shape index (κ2) is 9.67. The Morgan fingerprint density at radius 3 is 2.50 bits per heavy atom. The maximum Gasteiger partial charge on any atom is 0.257 e. The molecule has 0 spiro atoms. The molecule has 2 aliphatic heterocycles. The predicted molar refractivity (Wildman–Crippen MR) is 119 cm³/mol. The molecule has 0 aliphatic carbocycles. The van der Waals surface area contributed by atoms with Gasteiger partial charge in [0.2, 0.25) is 11.8 Å². The van der Waals surface area contributed by atoms with E-state index in [1.54, 1.807) is 23.0 Å². The minimum atomic E-state index is -0.0351. The number of likely N-dealkylation sites (tertiary alicyclic amines) is 2. The molecule has 32 heavy (non-hydrogen) atoms. The predicted octanol–water partition coefficient (Wildman–Crippen LogP) is 2.34. The molecule has 0 unspecified atom stereocenters. The van der Waals surface area contributed by atoms with Crippen LogP contribution in [0.4, 0.5) is 0 Å². The summed E-state index contributed by atoms with van der Waals surface area (Å²) in [6.07, 6.45) is 5.97. The summed E-state index contributed by atoms with van der Waals surface area (Å²) in [6, 6.07) is 3.49. The van der Waals surface area contributed by atoms with Crippen molar-refractivity contribution in [3.8, 4) is 11.7 Å². The molecule has 1 atom stereocenters. The van der Waals surface area contributed by atoms with Crippen molar-refractivity contribution in [3.05, 3.63) is 29.6 Å². The summed E-state index contributed by atoms with van der Waals surface area (Å²) in [6.45, 7) is 7.13. The van der Waals surface area contributed by atoms with Gasteiger partial charge in [-0.25, -0.2) is 4.68 Å². The minimum Gasteiger partial charge on any atom is -0.480 e. The number of ether oxygens (including phenoxy) is 1. The zero-order valence-electron chi connectivity index (χ0n) is 19.2. The van der Waals surface area contributed by atoms with E-state index in [0.717, 1.165) is 38.0 Å². The number of hydrogen-bond acceptors (Lipinski definition) is 6. The Kier molecular flexibility index (Phi) is 6.72. The molecule has 2 aromatic heterocycles. The van der Waals surface area contributed by atoms with Crippen molar-refractivity contribution in [2.24, 2.45) is 11.8 Å². The third-order valence-electron chi connectivity index (χ3n) is 6.59. The van der Waals surface area contributed by atoms with Gasteiger partial charge in [0.1, 0.15) is 0 Å². The highest BCUT2D eigenvalue weighted by Crippen LogP contribution is 2.25. The molecule has 0 radical (unpaired) electrons. The van der Waals surface area contributed by atoms with Gasteiger partial charge in [-0.15, -0.1) is 10.2 Å². The van der Waals surface area contributed by atoms with Gasteiger partial charge in [0, 0.05) is 38.2 Å². The fourth-order valence-electron chi connectivity index (χ4n) is 4.77. The lowest BCUT2D eigenvalue weighted by molar-refractivity contribution is -0.138.